The molecular weight excluding hydrogens is 345 g/mol. The smallest absolute Gasteiger partial charge is 0.246 e. The number of benzene rings is 2. The van der Waals surface area contributed by atoms with Crippen molar-refractivity contribution in [3.05, 3.63) is 70.0 Å². The minimum Gasteiger partial charge on any atom is -0.340 e. The number of halogens is 2. The van der Waals surface area contributed by atoms with Crippen molar-refractivity contribution in [1.29, 1.82) is 0 Å². The van der Waals surface area contributed by atoms with Gasteiger partial charge in [0.1, 0.15) is 5.82 Å². The van der Waals surface area contributed by atoms with Gasteiger partial charge in [-0.2, -0.15) is 0 Å². The van der Waals surface area contributed by atoms with Crippen molar-refractivity contribution in [3.8, 4) is 0 Å². The topological polar surface area (TPSA) is 49.0 Å². The SMILES string of the molecule is CN(Cc1nc2ccccc2[nH]1)C(=O)/C=C/c1cccc(Cl)c1Cl. The van der Waals surface area contributed by atoms with E-state index >= 15 is 0 Å². The van der Waals surface area contributed by atoms with Gasteiger partial charge in [0.05, 0.1) is 27.6 Å². The van der Waals surface area contributed by atoms with Crippen molar-refractivity contribution in [2.24, 2.45) is 0 Å². The number of aromatic nitrogens is 2. The number of carbonyl (C=O) groups is 1. The summed E-state index contributed by atoms with van der Waals surface area (Å²) < 4.78 is 0. The van der Waals surface area contributed by atoms with Gasteiger partial charge in [-0.3, -0.25) is 4.79 Å². The number of nitrogens with one attached hydrogen (secondary N) is 1. The van der Waals surface area contributed by atoms with Crippen LogP contribution in [0.3, 0.4) is 0 Å². The Morgan fingerprint density at radius 2 is 2.00 bits per heavy atom. The van der Waals surface area contributed by atoms with Gasteiger partial charge in [0, 0.05) is 13.1 Å². The minimum atomic E-state index is -0.147. The molecule has 0 unspecified atom stereocenters. The number of carbonyl (C=O) groups excluding carboxylic acids is 1. The van der Waals surface area contributed by atoms with Crippen LogP contribution in [0.25, 0.3) is 17.1 Å². The predicted octanol–water partition coefficient (Wildman–Crippen LogP) is 4.54. The van der Waals surface area contributed by atoms with E-state index in [0.29, 0.717) is 22.2 Å². The number of nitrogens with zero attached hydrogens (tertiary/aromatic N) is 2. The van der Waals surface area contributed by atoms with Crippen LogP contribution in [0.4, 0.5) is 0 Å². The highest BCUT2D eigenvalue weighted by Crippen LogP contribution is 2.26. The van der Waals surface area contributed by atoms with Crippen LogP contribution in [0.15, 0.2) is 48.5 Å². The molecule has 122 valence electrons. The summed E-state index contributed by atoms with van der Waals surface area (Å²) in [5, 5.41) is 0.894. The van der Waals surface area contributed by atoms with E-state index < -0.39 is 0 Å². The lowest BCUT2D eigenvalue weighted by Gasteiger charge is -2.13. The van der Waals surface area contributed by atoms with Crippen LogP contribution in [0.2, 0.25) is 10.0 Å². The highest BCUT2D eigenvalue weighted by Gasteiger charge is 2.10. The Kier molecular flexibility index (Phi) is 4.88. The molecule has 0 fully saturated rings. The molecule has 0 saturated heterocycles. The molecule has 1 heterocycles. The van der Waals surface area contributed by atoms with Gasteiger partial charge in [-0.15, -0.1) is 0 Å². The first-order chi connectivity index (χ1) is 11.5. The van der Waals surface area contributed by atoms with E-state index in [4.69, 9.17) is 23.2 Å². The molecule has 2 aromatic carbocycles. The summed E-state index contributed by atoms with van der Waals surface area (Å²) in [4.78, 5) is 21.5. The number of amides is 1. The van der Waals surface area contributed by atoms with Crippen molar-refractivity contribution >= 4 is 46.2 Å². The third-order valence-electron chi connectivity index (χ3n) is 3.59. The molecular formula is C18H15Cl2N3O. The van der Waals surface area contributed by atoms with Gasteiger partial charge < -0.3 is 9.88 Å². The van der Waals surface area contributed by atoms with Gasteiger partial charge in [-0.1, -0.05) is 47.5 Å². The third-order valence-corrected chi connectivity index (χ3v) is 4.42. The Morgan fingerprint density at radius 1 is 1.21 bits per heavy atom. The second kappa shape index (κ2) is 7.07. The minimum absolute atomic E-state index is 0.147. The molecule has 0 radical (unpaired) electrons. The lowest BCUT2D eigenvalue weighted by Crippen LogP contribution is -2.24. The van der Waals surface area contributed by atoms with E-state index in [1.165, 1.54) is 6.08 Å². The highest BCUT2D eigenvalue weighted by atomic mass is 35.5. The van der Waals surface area contributed by atoms with E-state index in [1.54, 1.807) is 36.2 Å². The number of fused-ring (bicyclic) bond motifs is 1. The maximum atomic E-state index is 12.3. The summed E-state index contributed by atoms with van der Waals surface area (Å²) in [5.74, 6) is 0.590. The zero-order valence-electron chi connectivity index (χ0n) is 13.0. The number of para-hydroxylation sites is 2. The Morgan fingerprint density at radius 3 is 2.79 bits per heavy atom. The second-order valence-corrected chi connectivity index (χ2v) is 6.16. The van der Waals surface area contributed by atoms with Crippen molar-refractivity contribution in [1.82, 2.24) is 14.9 Å². The maximum Gasteiger partial charge on any atom is 0.246 e. The monoisotopic (exact) mass is 359 g/mol. The maximum absolute atomic E-state index is 12.3. The molecule has 24 heavy (non-hydrogen) atoms. The highest BCUT2D eigenvalue weighted by molar-refractivity contribution is 6.42. The van der Waals surface area contributed by atoms with Crippen molar-refractivity contribution < 1.29 is 4.79 Å². The zero-order chi connectivity index (χ0) is 17.1. The van der Waals surface area contributed by atoms with Gasteiger partial charge in [0.15, 0.2) is 0 Å². The zero-order valence-corrected chi connectivity index (χ0v) is 14.5. The molecule has 1 N–H and O–H groups in total. The van der Waals surface area contributed by atoms with Crippen LogP contribution in [0, 0.1) is 0 Å². The van der Waals surface area contributed by atoms with Gasteiger partial charge in [0.25, 0.3) is 0 Å². The number of rotatable bonds is 4. The molecule has 0 aliphatic rings. The standard InChI is InChI=1S/C18H15Cl2N3O/c1-23(11-16-21-14-7-2-3-8-15(14)22-16)17(24)10-9-12-5-4-6-13(19)18(12)20/h2-10H,11H2,1H3,(H,21,22)/b10-9+. The molecule has 6 heteroatoms. The fourth-order valence-corrected chi connectivity index (χ4v) is 2.69. The van der Waals surface area contributed by atoms with Crippen LogP contribution in [0.1, 0.15) is 11.4 Å². The van der Waals surface area contributed by atoms with E-state index in [1.807, 2.05) is 24.3 Å². The van der Waals surface area contributed by atoms with E-state index in [9.17, 15) is 4.79 Å². The summed E-state index contributed by atoms with van der Waals surface area (Å²) in [6.07, 6.45) is 3.13. The molecule has 0 aliphatic heterocycles. The Bertz CT molecular complexity index is 885. The quantitative estimate of drug-likeness (QED) is 0.695. The van der Waals surface area contributed by atoms with Crippen molar-refractivity contribution in [2.75, 3.05) is 7.05 Å². The second-order valence-electron chi connectivity index (χ2n) is 5.37. The van der Waals surface area contributed by atoms with Gasteiger partial charge in [-0.25, -0.2) is 4.98 Å². The lowest BCUT2D eigenvalue weighted by molar-refractivity contribution is -0.125. The number of imidazole rings is 1. The molecule has 0 bridgehead atoms. The number of aromatic amines is 1. The average molecular weight is 360 g/mol. The van der Waals surface area contributed by atoms with E-state index in [0.717, 1.165) is 16.9 Å². The molecule has 3 aromatic rings. The van der Waals surface area contributed by atoms with E-state index in [-0.39, 0.29) is 5.91 Å². The molecule has 0 aliphatic carbocycles. The average Bonchev–Trinajstić information content (AvgIpc) is 2.98. The normalized spacial score (nSPS) is 11.3. The van der Waals surface area contributed by atoms with Gasteiger partial charge in [0.2, 0.25) is 5.91 Å². The molecule has 1 aromatic heterocycles. The Hall–Kier alpha value is -2.30. The Labute approximate surface area is 149 Å². The first-order valence-electron chi connectivity index (χ1n) is 7.35. The third kappa shape index (κ3) is 3.61. The van der Waals surface area contributed by atoms with E-state index in [2.05, 4.69) is 9.97 Å². The largest absolute Gasteiger partial charge is 0.340 e. The summed E-state index contributed by atoms with van der Waals surface area (Å²) in [5.41, 5.74) is 2.54. The fraction of sp³-hybridized carbons (Fsp3) is 0.111. The summed E-state index contributed by atoms with van der Waals surface area (Å²) in [7, 11) is 1.72. The summed E-state index contributed by atoms with van der Waals surface area (Å²) in [6.45, 7) is 0.390. The molecule has 0 atom stereocenters. The van der Waals surface area contributed by atoms with Crippen LogP contribution >= 0.6 is 23.2 Å². The van der Waals surface area contributed by atoms with Crippen LogP contribution in [0.5, 0.6) is 0 Å². The lowest BCUT2D eigenvalue weighted by atomic mass is 10.2. The molecule has 1 amide bonds. The molecule has 0 spiro atoms. The number of hydrogen-bond donors (Lipinski definition) is 1. The number of likely N-dealkylation sites (N-methyl/N-ethyl adjacent to an activating group) is 1. The fourth-order valence-electron chi connectivity index (χ4n) is 2.32. The van der Waals surface area contributed by atoms with Crippen LogP contribution in [-0.2, 0) is 11.3 Å². The van der Waals surface area contributed by atoms with Crippen LogP contribution in [-0.4, -0.2) is 27.8 Å². The van der Waals surface area contributed by atoms with Gasteiger partial charge in [-0.05, 0) is 29.8 Å². The van der Waals surface area contributed by atoms with Crippen molar-refractivity contribution in [3.63, 3.8) is 0 Å². The van der Waals surface area contributed by atoms with Crippen LogP contribution < -0.4 is 0 Å². The predicted molar refractivity (Wildman–Crippen MR) is 98.1 cm³/mol. The molecule has 0 saturated carbocycles. The molecule has 3 rings (SSSR count). The van der Waals surface area contributed by atoms with Crippen molar-refractivity contribution in [2.45, 2.75) is 6.54 Å². The number of hydrogen-bond acceptors (Lipinski definition) is 2. The first-order valence-corrected chi connectivity index (χ1v) is 8.11. The number of H-pyrrole nitrogens is 1. The Balaban J connectivity index is 1.70. The van der Waals surface area contributed by atoms with Gasteiger partial charge >= 0.3 is 0 Å². The summed E-state index contributed by atoms with van der Waals surface area (Å²) in [6, 6.07) is 13.0. The first kappa shape index (κ1) is 16.6. The summed E-state index contributed by atoms with van der Waals surface area (Å²) >= 11 is 12.1. The molecule has 4 nitrogen and oxygen atoms in total.